The molecule has 9 heteroatoms. The molecule has 1 unspecified atom stereocenters. The maximum atomic E-state index is 12.8. The summed E-state index contributed by atoms with van der Waals surface area (Å²) in [6.07, 6.45) is 1.06. The summed E-state index contributed by atoms with van der Waals surface area (Å²) in [7, 11) is 1.33. The van der Waals surface area contributed by atoms with Crippen molar-refractivity contribution in [1.82, 2.24) is 4.90 Å². The van der Waals surface area contributed by atoms with Gasteiger partial charge in [-0.15, -0.1) is 0 Å². The third-order valence-electron chi connectivity index (χ3n) is 6.92. The molecule has 1 aliphatic rings. The first-order valence-corrected chi connectivity index (χ1v) is 12.3. The molecule has 1 fully saturated rings. The monoisotopic (exact) mass is 508 g/mol. The smallest absolute Gasteiger partial charge is 0.340 e. The summed E-state index contributed by atoms with van der Waals surface area (Å²) in [6.45, 7) is 3.83. The van der Waals surface area contributed by atoms with Crippen LogP contribution in [0.1, 0.15) is 39.9 Å². The number of carbonyl (C=O) groups excluding carboxylic acids is 2. The highest BCUT2D eigenvalue weighted by molar-refractivity contribution is 5.89. The molecule has 4 rings (SSSR count). The molecule has 196 valence electrons. The number of likely N-dealkylation sites (tertiary alicyclic amines) is 1. The van der Waals surface area contributed by atoms with Gasteiger partial charge in [0.25, 0.3) is 0 Å². The van der Waals surface area contributed by atoms with Gasteiger partial charge in [-0.25, -0.2) is 9.59 Å². The first-order valence-electron chi connectivity index (χ1n) is 12.3. The van der Waals surface area contributed by atoms with E-state index in [4.69, 9.17) is 19.6 Å². The number of aliphatic hydroxyl groups is 1. The number of aryl methyl sites for hydroxylation is 1. The summed E-state index contributed by atoms with van der Waals surface area (Å²) in [5, 5.41) is 11.2. The van der Waals surface area contributed by atoms with Crippen LogP contribution in [0.25, 0.3) is 11.0 Å². The number of hydrogen-bond donors (Lipinski definition) is 2. The molecule has 0 bridgehead atoms. The van der Waals surface area contributed by atoms with Gasteiger partial charge in [0.15, 0.2) is 0 Å². The van der Waals surface area contributed by atoms with Crippen LogP contribution in [0.5, 0.6) is 5.75 Å². The second kappa shape index (κ2) is 11.6. The zero-order valence-electron chi connectivity index (χ0n) is 21.1. The average Bonchev–Trinajstić information content (AvgIpc) is 2.90. The van der Waals surface area contributed by atoms with Crippen LogP contribution in [0.15, 0.2) is 51.7 Å². The largest absolute Gasteiger partial charge is 0.491 e. The van der Waals surface area contributed by atoms with E-state index in [1.807, 2.05) is 13.0 Å². The number of benzene rings is 2. The Morgan fingerprint density at radius 2 is 1.86 bits per heavy atom. The Morgan fingerprint density at radius 3 is 2.51 bits per heavy atom. The summed E-state index contributed by atoms with van der Waals surface area (Å²) in [4.78, 5) is 37.8. The molecule has 0 spiro atoms. The lowest BCUT2D eigenvalue weighted by atomic mass is 9.96. The van der Waals surface area contributed by atoms with Crippen LogP contribution in [0, 0.1) is 12.8 Å². The lowest BCUT2D eigenvalue weighted by Crippen LogP contribution is -2.43. The first kappa shape index (κ1) is 26.4. The number of esters is 1. The van der Waals surface area contributed by atoms with Crippen LogP contribution in [-0.4, -0.2) is 61.3 Å². The molecule has 1 aliphatic heterocycles. The standard InChI is InChI=1S/C28H32N2O7/c1-17-23-8-7-22(36-16-21(31)15-30-11-9-19(10-12-30)26(29)32)14-25(23)37-28(34)24(17)13-18-3-5-20(6-4-18)27(33)35-2/h3-8,14,19,21,31H,9-13,15-16H2,1-2H3,(H2,29,32). The Bertz CT molecular complexity index is 1320. The number of methoxy groups -OCH3 is 1. The fourth-order valence-corrected chi connectivity index (χ4v) is 4.69. The van der Waals surface area contributed by atoms with Crippen molar-refractivity contribution in [2.45, 2.75) is 32.3 Å². The van der Waals surface area contributed by atoms with Crippen molar-refractivity contribution >= 4 is 22.8 Å². The van der Waals surface area contributed by atoms with Gasteiger partial charge >= 0.3 is 11.6 Å². The van der Waals surface area contributed by atoms with E-state index in [0.717, 1.165) is 16.5 Å². The van der Waals surface area contributed by atoms with E-state index in [0.29, 0.717) is 61.4 Å². The lowest BCUT2D eigenvalue weighted by molar-refractivity contribution is -0.123. The number of aliphatic hydroxyl groups excluding tert-OH is 1. The van der Waals surface area contributed by atoms with E-state index >= 15 is 0 Å². The topological polar surface area (TPSA) is 132 Å². The summed E-state index contributed by atoms with van der Waals surface area (Å²) in [5.74, 6) is -0.271. The summed E-state index contributed by atoms with van der Waals surface area (Å²) in [6, 6.07) is 12.2. The Balaban J connectivity index is 1.39. The average molecular weight is 509 g/mol. The van der Waals surface area contributed by atoms with Crippen molar-refractivity contribution in [2.24, 2.45) is 11.7 Å². The van der Waals surface area contributed by atoms with Crippen molar-refractivity contribution < 1.29 is 28.6 Å². The minimum Gasteiger partial charge on any atom is -0.491 e. The zero-order valence-corrected chi connectivity index (χ0v) is 21.1. The van der Waals surface area contributed by atoms with Crippen molar-refractivity contribution in [3.8, 4) is 5.75 Å². The molecule has 2 heterocycles. The SMILES string of the molecule is COC(=O)c1ccc(Cc2c(C)c3ccc(OCC(O)CN4CCC(C(N)=O)CC4)cc3oc2=O)cc1. The predicted octanol–water partition coefficient (Wildman–Crippen LogP) is 2.42. The molecule has 3 aromatic rings. The fourth-order valence-electron chi connectivity index (χ4n) is 4.69. The molecule has 0 saturated carbocycles. The van der Waals surface area contributed by atoms with Crippen molar-refractivity contribution in [1.29, 1.82) is 0 Å². The van der Waals surface area contributed by atoms with E-state index in [9.17, 15) is 19.5 Å². The van der Waals surface area contributed by atoms with Crippen LogP contribution >= 0.6 is 0 Å². The number of β-amino-alcohol motifs (C(OH)–C–C–N with tert-alkyl or cyclic N) is 1. The Kier molecular flexibility index (Phi) is 8.25. The molecule has 0 aliphatic carbocycles. The fraction of sp³-hybridized carbons (Fsp3) is 0.393. The molecule has 1 saturated heterocycles. The molecule has 0 radical (unpaired) electrons. The van der Waals surface area contributed by atoms with Gasteiger partial charge in [0.05, 0.1) is 12.7 Å². The van der Waals surface area contributed by atoms with E-state index in [-0.39, 0.29) is 18.4 Å². The van der Waals surface area contributed by atoms with Gasteiger partial charge in [-0.05, 0) is 68.2 Å². The normalized spacial score (nSPS) is 15.4. The molecular weight excluding hydrogens is 476 g/mol. The number of carbonyl (C=O) groups is 2. The lowest BCUT2D eigenvalue weighted by Gasteiger charge is -2.31. The summed E-state index contributed by atoms with van der Waals surface area (Å²) >= 11 is 0. The van der Waals surface area contributed by atoms with E-state index in [1.54, 1.807) is 36.4 Å². The van der Waals surface area contributed by atoms with Crippen LogP contribution in [0.3, 0.4) is 0 Å². The maximum absolute atomic E-state index is 12.8. The van der Waals surface area contributed by atoms with E-state index in [1.165, 1.54) is 7.11 Å². The van der Waals surface area contributed by atoms with Gasteiger partial charge in [0.2, 0.25) is 5.91 Å². The Labute approximate surface area is 214 Å². The van der Waals surface area contributed by atoms with Crippen LogP contribution in [-0.2, 0) is 16.0 Å². The molecule has 1 aromatic heterocycles. The number of hydrogen-bond acceptors (Lipinski definition) is 8. The molecule has 1 atom stereocenters. The number of amides is 1. The molecular formula is C28H32N2O7. The van der Waals surface area contributed by atoms with Crippen molar-refractivity contribution in [3.05, 3.63) is 75.1 Å². The molecule has 2 aromatic carbocycles. The summed E-state index contributed by atoms with van der Waals surface area (Å²) in [5.41, 5.74) is 8.03. The van der Waals surface area contributed by atoms with Gasteiger partial charge in [0, 0.05) is 35.9 Å². The van der Waals surface area contributed by atoms with E-state index < -0.39 is 17.7 Å². The number of fused-ring (bicyclic) bond motifs is 1. The van der Waals surface area contributed by atoms with Crippen LogP contribution in [0.4, 0.5) is 0 Å². The highest BCUT2D eigenvalue weighted by atomic mass is 16.5. The van der Waals surface area contributed by atoms with Gasteiger partial charge < -0.3 is 29.6 Å². The number of piperidine rings is 1. The third-order valence-corrected chi connectivity index (χ3v) is 6.92. The second-order valence-corrected chi connectivity index (χ2v) is 9.46. The van der Waals surface area contributed by atoms with Gasteiger partial charge in [-0.1, -0.05) is 12.1 Å². The zero-order chi connectivity index (χ0) is 26.5. The van der Waals surface area contributed by atoms with Crippen LogP contribution < -0.4 is 16.1 Å². The molecule has 37 heavy (non-hydrogen) atoms. The molecule has 1 amide bonds. The van der Waals surface area contributed by atoms with E-state index in [2.05, 4.69) is 4.90 Å². The number of ether oxygens (including phenoxy) is 2. The predicted molar refractivity (Wildman–Crippen MR) is 138 cm³/mol. The van der Waals surface area contributed by atoms with Crippen LogP contribution in [0.2, 0.25) is 0 Å². The first-order chi connectivity index (χ1) is 17.7. The third kappa shape index (κ3) is 6.36. The number of primary amides is 1. The maximum Gasteiger partial charge on any atom is 0.340 e. The summed E-state index contributed by atoms with van der Waals surface area (Å²) < 4.78 is 16.1. The quantitative estimate of drug-likeness (QED) is 0.333. The highest BCUT2D eigenvalue weighted by Crippen LogP contribution is 2.26. The Morgan fingerprint density at radius 1 is 1.16 bits per heavy atom. The number of nitrogens with two attached hydrogens (primary N) is 1. The minimum atomic E-state index is -0.706. The Hall–Kier alpha value is -3.69. The van der Waals surface area contributed by atoms with Crippen molar-refractivity contribution in [2.75, 3.05) is 33.4 Å². The number of rotatable bonds is 9. The molecule has 3 N–H and O–H groups in total. The second-order valence-electron chi connectivity index (χ2n) is 9.46. The molecule has 9 nitrogen and oxygen atoms in total. The number of nitrogens with zero attached hydrogens (tertiary/aromatic N) is 1. The minimum absolute atomic E-state index is 0.0874. The van der Waals surface area contributed by atoms with Gasteiger partial charge in [0.1, 0.15) is 24.0 Å². The van der Waals surface area contributed by atoms with Gasteiger partial charge in [-0.2, -0.15) is 0 Å². The highest BCUT2D eigenvalue weighted by Gasteiger charge is 2.24. The van der Waals surface area contributed by atoms with Gasteiger partial charge in [-0.3, -0.25) is 4.79 Å². The van der Waals surface area contributed by atoms with Crippen molar-refractivity contribution in [3.63, 3.8) is 0 Å².